The summed E-state index contributed by atoms with van der Waals surface area (Å²) in [7, 11) is 0. The van der Waals surface area contributed by atoms with Crippen molar-refractivity contribution in [3.8, 4) is 12.3 Å². The van der Waals surface area contributed by atoms with Crippen LogP contribution in [0, 0.1) is 19.3 Å². The fourth-order valence-corrected chi connectivity index (χ4v) is 2.16. The Hall–Kier alpha value is -1.34. The Labute approximate surface area is 128 Å². The Bertz CT molecular complexity index is 436. The molecule has 0 saturated carbocycles. The van der Waals surface area contributed by atoms with Gasteiger partial charge in [-0.15, -0.1) is 6.42 Å². The van der Waals surface area contributed by atoms with Crippen LogP contribution < -0.4 is 0 Å². The minimum absolute atomic E-state index is 0.248. The Morgan fingerprint density at radius 2 is 2.00 bits per heavy atom. The van der Waals surface area contributed by atoms with Crippen LogP contribution in [0.4, 0.5) is 0 Å². The van der Waals surface area contributed by atoms with Crippen LogP contribution in [0.15, 0.2) is 24.3 Å². The second kappa shape index (κ2) is 9.57. The van der Waals surface area contributed by atoms with Gasteiger partial charge in [-0.1, -0.05) is 42.7 Å². The third-order valence-electron chi connectivity index (χ3n) is 3.66. The van der Waals surface area contributed by atoms with E-state index in [0.29, 0.717) is 12.6 Å². The molecular weight excluding hydrogens is 262 g/mol. The van der Waals surface area contributed by atoms with Crippen LogP contribution in [0.5, 0.6) is 0 Å². The zero-order chi connectivity index (χ0) is 15.7. The Kier molecular flexibility index (Phi) is 8.07. The number of rotatable bonds is 9. The molecule has 0 unspecified atom stereocenters. The van der Waals surface area contributed by atoms with Crippen LogP contribution in [0.3, 0.4) is 0 Å². The second-order valence-electron chi connectivity index (χ2n) is 5.55. The fraction of sp³-hybridized carbons (Fsp3) is 0.556. The van der Waals surface area contributed by atoms with Crippen molar-refractivity contribution in [1.29, 1.82) is 0 Å². The van der Waals surface area contributed by atoms with E-state index in [9.17, 15) is 5.11 Å². The zero-order valence-corrected chi connectivity index (χ0v) is 13.4. The molecule has 1 N–H and O–H groups in total. The van der Waals surface area contributed by atoms with Crippen molar-refractivity contribution in [3.05, 3.63) is 35.4 Å². The minimum atomic E-state index is -0.516. The van der Waals surface area contributed by atoms with Crippen LogP contribution in [-0.4, -0.2) is 41.9 Å². The van der Waals surface area contributed by atoms with Gasteiger partial charge in [-0.25, -0.2) is 0 Å². The third kappa shape index (κ3) is 6.77. The summed E-state index contributed by atoms with van der Waals surface area (Å²) in [6.07, 6.45) is 5.66. The summed E-state index contributed by atoms with van der Waals surface area (Å²) in [5, 5.41) is 10.1. The van der Waals surface area contributed by atoms with Crippen molar-refractivity contribution in [3.63, 3.8) is 0 Å². The highest BCUT2D eigenvalue weighted by Crippen LogP contribution is 2.12. The number of ether oxygens (including phenoxy) is 1. The monoisotopic (exact) mass is 289 g/mol. The summed E-state index contributed by atoms with van der Waals surface area (Å²) < 4.78 is 5.21. The molecule has 0 aromatic heterocycles. The van der Waals surface area contributed by atoms with Gasteiger partial charge in [-0.05, 0) is 25.8 Å². The largest absolute Gasteiger partial charge is 0.389 e. The number of aliphatic hydroxyl groups is 1. The predicted molar refractivity (Wildman–Crippen MR) is 87.0 cm³/mol. The SMILES string of the molecule is C#CCOC[C@@H](O)CN(Cc1ccc(C)cc1)[C@@H](C)CC. The molecule has 0 bridgehead atoms. The summed E-state index contributed by atoms with van der Waals surface area (Å²) in [4.78, 5) is 2.29. The number of aliphatic hydroxyl groups excluding tert-OH is 1. The number of hydrogen-bond acceptors (Lipinski definition) is 3. The first kappa shape index (κ1) is 17.7. The summed E-state index contributed by atoms with van der Waals surface area (Å²) in [6.45, 7) is 8.39. The van der Waals surface area contributed by atoms with Crippen molar-refractivity contribution >= 4 is 0 Å². The summed E-state index contributed by atoms with van der Waals surface area (Å²) in [5.41, 5.74) is 2.52. The van der Waals surface area contributed by atoms with Gasteiger partial charge in [-0.2, -0.15) is 0 Å². The Morgan fingerprint density at radius 1 is 1.33 bits per heavy atom. The summed E-state index contributed by atoms with van der Waals surface area (Å²) >= 11 is 0. The number of terminal acetylenes is 1. The second-order valence-corrected chi connectivity index (χ2v) is 5.55. The first-order valence-electron chi connectivity index (χ1n) is 7.55. The quantitative estimate of drug-likeness (QED) is 0.560. The average molecular weight is 289 g/mol. The Balaban J connectivity index is 2.59. The average Bonchev–Trinajstić information content (AvgIpc) is 2.48. The summed E-state index contributed by atoms with van der Waals surface area (Å²) in [6, 6.07) is 8.94. The topological polar surface area (TPSA) is 32.7 Å². The molecule has 3 nitrogen and oxygen atoms in total. The van der Waals surface area contributed by atoms with Crippen molar-refractivity contribution in [2.24, 2.45) is 0 Å². The molecule has 0 saturated heterocycles. The van der Waals surface area contributed by atoms with E-state index in [1.54, 1.807) is 0 Å². The number of benzene rings is 1. The lowest BCUT2D eigenvalue weighted by atomic mass is 10.1. The van der Waals surface area contributed by atoms with E-state index in [-0.39, 0.29) is 13.2 Å². The van der Waals surface area contributed by atoms with E-state index in [1.807, 2.05) is 0 Å². The Morgan fingerprint density at radius 3 is 2.57 bits per heavy atom. The first-order valence-corrected chi connectivity index (χ1v) is 7.55. The van der Waals surface area contributed by atoms with E-state index in [1.165, 1.54) is 11.1 Å². The molecule has 0 aliphatic carbocycles. The molecule has 0 radical (unpaired) electrons. The molecular formula is C18H27NO2. The lowest BCUT2D eigenvalue weighted by Crippen LogP contribution is -2.39. The van der Waals surface area contributed by atoms with Gasteiger partial charge in [0.25, 0.3) is 0 Å². The lowest BCUT2D eigenvalue weighted by Gasteiger charge is -2.30. The molecule has 0 heterocycles. The number of hydrogen-bond donors (Lipinski definition) is 1. The van der Waals surface area contributed by atoms with Crippen molar-refractivity contribution in [1.82, 2.24) is 4.90 Å². The van der Waals surface area contributed by atoms with Crippen LogP contribution in [0.1, 0.15) is 31.4 Å². The smallest absolute Gasteiger partial charge is 0.107 e. The maximum Gasteiger partial charge on any atom is 0.107 e. The van der Waals surface area contributed by atoms with Crippen LogP contribution in [-0.2, 0) is 11.3 Å². The molecule has 0 fully saturated rings. The fourth-order valence-electron chi connectivity index (χ4n) is 2.16. The van der Waals surface area contributed by atoms with Gasteiger partial charge in [0.1, 0.15) is 6.61 Å². The van der Waals surface area contributed by atoms with E-state index < -0.39 is 6.10 Å². The van der Waals surface area contributed by atoms with Gasteiger partial charge in [0.05, 0.1) is 12.7 Å². The molecule has 116 valence electrons. The van der Waals surface area contributed by atoms with Crippen LogP contribution in [0.25, 0.3) is 0 Å². The molecule has 0 spiro atoms. The van der Waals surface area contributed by atoms with E-state index in [0.717, 1.165) is 13.0 Å². The highest BCUT2D eigenvalue weighted by Gasteiger charge is 2.17. The van der Waals surface area contributed by atoms with Crippen molar-refractivity contribution in [2.75, 3.05) is 19.8 Å². The van der Waals surface area contributed by atoms with Gasteiger partial charge in [0.15, 0.2) is 0 Å². The van der Waals surface area contributed by atoms with Crippen molar-refractivity contribution < 1.29 is 9.84 Å². The van der Waals surface area contributed by atoms with E-state index >= 15 is 0 Å². The van der Waals surface area contributed by atoms with Gasteiger partial charge >= 0.3 is 0 Å². The van der Waals surface area contributed by atoms with Crippen LogP contribution >= 0.6 is 0 Å². The van der Waals surface area contributed by atoms with Gasteiger partial charge < -0.3 is 9.84 Å². The molecule has 0 aliphatic rings. The molecule has 1 rings (SSSR count). The minimum Gasteiger partial charge on any atom is -0.389 e. The maximum absolute atomic E-state index is 10.1. The molecule has 3 heteroatoms. The first-order chi connectivity index (χ1) is 10.1. The van der Waals surface area contributed by atoms with Crippen molar-refractivity contribution in [2.45, 2.75) is 45.9 Å². The molecule has 0 amide bonds. The zero-order valence-electron chi connectivity index (χ0n) is 13.4. The normalized spacial score (nSPS) is 13.9. The van der Waals surface area contributed by atoms with Gasteiger partial charge in [0.2, 0.25) is 0 Å². The molecule has 1 aromatic rings. The highest BCUT2D eigenvalue weighted by atomic mass is 16.5. The van der Waals surface area contributed by atoms with Gasteiger partial charge in [-0.3, -0.25) is 4.90 Å². The summed E-state index contributed by atoms with van der Waals surface area (Å²) in [5.74, 6) is 2.41. The number of aryl methyl sites for hydroxylation is 1. The highest BCUT2D eigenvalue weighted by molar-refractivity contribution is 5.21. The third-order valence-corrected chi connectivity index (χ3v) is 3.66. The van der Waals surface area contributed by atoms with E-state index in [2.05, 4.69) is 55.9 Å². The lowest BCUT2D eigenvalue weighted by molar-refractivity contribution is 0.0170. The van der Waals surface area contributed by atoms with Gasteiger partial charge in [0, 0.05) is 19.1 Å². The predicted octanol–water partition coefficient (Wildman–Crippen LogP) is 2.61. The molecule has 2 atom stereocenters. The van der Waals surface area contributed by atoms with E-state index in [4.69, 9.17) is 11.2 Å². The molecule has 0 aliphatic heterocycles. The molecule has 21 heavy (non-hydrogen) atoms. The van der Waals surface area contributed by atoms with Crippen LogP contribution in [0.2, 0.25) is 0 Å². The molecule has 1 aromatic carbocycles. The standard InChI is InChI=1S/C18H27NO2/c1-5-11-21-14-18(20)13-19(16(4)6-2)12-17-9-7-15(3)8-10-17/h1,7-10,16,18,20H,6,11-14H2,2-4H3/t16-,18-/m0/s1. The maximum atomic E-state index is 10.1. The number of nitrogens with zero attached hydrogens (tertiary/aromatic N) is 1.